The first-order valence-electron chi connectivity index (χ1n) is 4.77. The minimum absolute atomic E-state index is 0.197. The molecule has 0 bridgehead atoms. The highest BCUT2D eigenvalue weighted by Gasteiger charge is 2.11. The minimum atomic E-state index is -1.21. The zero-order chi connectivity index (χ0) is 12.1. The molecule has 1 rings (SSSR count). The third kappa shape index (κ3) is 3.15. The summed E-state index contributed by atoms with van der Waals surface area (Å²) in [4.78, 5) is 11.4. The first-order valence-corrected chi connectivity index (χ1v) is 6.09. The molecule has 0 saturated heterocycles. The SMILES string of the molecule is COCCS(=O)c1ccc(C)c(C(=O)O)c1. The van der Waals surface area contributed by atoms with Crippen LogP contribution in [0.3, 0.4) is 0 Å². The fourth-order valence-corrected chi connectivity index (χ4v) is 2.27. The largest absolute Gasteiger partial charge is 0.478 e. The molecule has 0 aliphatic heterocycles. The number of rotatable bonds is 5. The maximum atomic E-state index is 11.7. The maximum Gasteiger partial charge on any atom is 0.335 e. The Morgan fingerprint density at radius 2 is 2.19 bits per heavy atom. The van der Waals surface area contributed by atoms with Crippen LogP contribution in [0.2, 0.25) is 0 Å². The quantitative estimate of drug-likeness (QED) is 0.848. The zero-order valence-electron chi connectivity index (χ0n) is 9.23. The van der Waals surface area contributed by atoms with Gasteiger partial charge in [-0.15, -0.1) is 0 Å². The highest BCUT2D eigenvalue weighted by molar-refractivity contribution is 7.85. The lowest BCUT2D eigenvalue weighted by Gasteiger charge is -2.05. The van der Waals surface area contributed by atoms with Crippen LogP contribution >= 0.6 is 0 Å². The van der Waals surface area contributed by atoms with Crippen molar-refractivity contribution in [2.75, 3.05) is 19.5 Å². The molecule has 1 unspecified atom stereocenters. The van der Waals surface area contributed by atoms with Crippen LogP contribution in [0.5, 0.6) is 0 Å². The number of aromatic carboxylic acids is 1. The second-order valence-electron chi connectivity index (χ2n) is 3.32. The normalized spacial score (nSPS) is 12.4. The summed E-state index contributed by atoms with van der Waals surface area (Å²) in [7, 11) is 0.330. The number of carboxylic acid groups (broad SMARTS) is 1. The smallest absolute Gasteiger partial charge is 0.335 e. The first-order chi connectivity index (χ1) is 7.56. The Morgan fingerprint density at radius 3 is 2.75 bits per heavy atom. The molecule has 1 aromatic carbocycles. The molecule has 88 valence electrons. The number of aryl methyl sites for hydroxylation is 1. The van der Waals surface area contributed by atoms with Crippen molar-refractivity contribution in [1.29, 1.82) is 0 Å². The van der Waals surface area contributed by atoms with Crippen LogP contribution in [0.1, 0.15) is 15.9 Å². The van der Waals surface area contributed by atoms with E-state index in [-0.39, 0.29) is 5.56 Å². The Kier molecular flexibility index (Phi) is 4.64. The molecule has 4 nitrogen and oxygen atoms in total. The van der Waals surface area contributed by atoms with E-state index in [1.165, 1.54) is 13.2 Å². The number of carbonyl (C=O) groups is 1. The molecule has 1 N–H and O–H groups in total. The van der Waals surface area contributed by atoms with E-state index in [1.54, 1.807) is 19.1 Å². The van der Waals surface area contributed by atoms with Crippen LogP contribution in [-0.4, -0.2) is 34.8 Å². The summed E-state index contributed by atoms with van der Waals surface area (Å²) < 4.78 is 16.6. The van der Waals surface area contributed by atoms with Crippen LogP contribution in [-0.2, 0) is 15.5 Å². The number of hydrogen-bond acceptors (Lipinski definition) is 3. The Morgan fingerprint density at radius 1 is 1.50 bits per heavy atom. The van der Waals surface area contributed by atoms with Crippen LogP contribution in [0, 0.1) is 6.92 Å². The number of benzene rings is 1. The van der Waals surface area contributed by atoms with Gasteiger partial charge in [0.05, 0.1) is 28.7 Å². The van der Waals surface area contributed by atoms with Crippen molar-refractivity contribution in [3.05, 3.63) is 29.3 Å². The summed E-state index contributed by atoms with van der Waals surface area (Å²) in [5.41, 5.74) is 0.864. The maximum absolute atomic E-state index is 11.7. The number of ether oxygens (including phenoxy) is 1. The van der Waals surface area contributed by atoms with Gasteiger partial charge >= 0.3 is 5.97 Å². The molecule has 5 heteroatoms. The third-order valence-corrected chi connectivity index (χ3v) is 3.49. The predicted molar refractivity (Wildman–Crippen MR) is 61.3 cm³/mol. The standard InChI is InChI=1S/C11H14O4S/c1-8-3-4-9(7-10(8)11(12)13)16(14)6-5-15-2/h3-4,7H,5-6H2,1-2H3,(H,12,13). The molecule has 0 radical (unpaired) electrons. The molecule has 0 aliphatic carbocycles. The summed E-state index contributed by atoms with van der Waals surface area (Å²) >= 11 is 0. The van der Waals surface area contributed by atoms with E-state index in [2.05, 4.69) is 0 Å². The summed E-state index contributed by atoms with van der Waals surface area (Å²) in [5.74, 6) is -0.624. The van der Waals surface area contributed by atoms with Gasteiger partial charge in [-0.05, 0) is 24.6 Å². The molecule has 0 aliphatic rings. The zero-order valence-corrected chi connectivity index (χ0v) is 10.0. The predicted octanol–water partition coefficient (Wildman–Crippen LogP) is 1.45. The molecule has 0 amide bonds. The summed E-state index contributed by atoms with van der Waals surface area (Å²) in [6, 6.07) is 4.82. The lowest BCUT2D eigenvalue weighted by molar-refractivity contribution is 0.0696. The Bertz CT molecular complexity index is 414. The number of carboxylic acids is 1. The lowest BCUT2D eigenvalue weighted by atomic mass is 10.1. The number of hydrogen-bond donors (Lipinski definition) is 1. The van der Waals surface area contributed by atoms with Crippen molar-refractivity contribution in [1.82, 2.24) is 0 Å². The van der Waals surface area contributed by atoms with Crippen molar-refractivity contribution in [2.45, 2.75) is 11.8 Å². The molecule has 1 atom stereocenters. The van der Waals surface area contributed by atoms with Gasteiger partial charge in [0.25, 0.3) is 0 Å². The summed E-state index contributed by atoms with van der Waals surface area (Å²) in [5, 5.41) is 8.92. The van der Waals surface area contributed by atoms with Crippen LogP contribution < -0.4 is 0 Å². The Balaban J connectivity index is 2.94. The highest BCUT2D eigenvalue weighted by Crippen LogP contribution is 2.14. The Hall–Kier alpha value is -1.20. The van der Waals surface area contributed by atoms with Gasteiger partial charge in [0.1, 0.15) is 0 Å². The lowest BCUT2D eigenvalue weighted by Crippen LogP contribution is -2.07. The van der Waals surface area contributed by atoms with Crippen molar-refractivity contribution >= 4 is 16.8 Å². The first kappa shape index (κ1) is 12.9. The summed E-state index contributed by atoms with van der Waals surface area (Å²) in [6.45, 7) is 2.11. The second-order valence-corrected chi connectivity index (χ2v) is 4.90. The topological polar surface area (TPSA) is 63.6 Å². The molecule has 1 aromatic rings. The van der Waals surface area contributed by atoms with Gasteiger partial charge in [-0.25, -0.2) is 4.79 Å². The second kappa shape index (κ2) is 5.77. The average molecular weight is 242 g/mol. The van der Waals surface area contributed by atoms with Gasteiger partial charge in [0.15, 0.2) is 0 Å². The van der Waals surface area contributed by atoms with E-state index in [4.69, 9.17) is 9.84 Å². The molecule has 0 spiro atoms. The molecule has 0 aromatic heterocycles. The molecular formula is C11H14O4S. The van der Waals surface area contributed by atoms with Crippen molar-refractivity contribution in [3.8, 4) is 0 Å². The average Bonchev–Trinajstić information content (AvgIpc) is 2.26. The van der Waals surface area contributed by atoms with E-state index in [9.17, 15) is 9.00 Å². The van der Waals surface area contributed by atoms with E-state index in [0.717, 1.165) is 0 Å². The van der Waals surface area contributed by atoms with E-state index >= 15 is 0 Å². The van der Waals surface area contributed by atoms with Gasteiger partial charge in [0, 0.05) is 12.0 Å². The van der Waals surface area contributed by atoms with Crippen LogP contribution in [0.25, 0.3) is 0 Å². The molecule has 0 fully saturated rings. The molecule has 0 heterocycles. The van der Waals surface area contributed by atoms with Crippen molar-refractivity contribution in [3.63, 3.8) is 0 Å². The van der Waals surface area contributed by atoms with E-state index < -0.39 is 16.8 Å². The van der Waals surface area contributed by atoms with Gasteiger partial charge < -0.3 is 9.84 Å². The molecule has 0 saturated carbocycles. The van der Waals surface area contributed by atoms with Crippen LogP contribution in [0.15, 0.2) is 23.1 Å². The van der Waals surface area contributed by atoms with Gasteiger partial charge in [0.2, 0.25) is 0 Å². The van der Waals surface area contributed by atoms with Gasteiger partial charge in [-0.3, -0.25) is 4.21 Å². The van der Waals surface area contributed by atoms with Crippen LogP contribution in [0.4, 0.5) is 0 Å². The van der Waals surface area contributed by atoms with E-state index in [1.807, 2.05) is 0 Å². The molecule has 16 heavy (non-hydrogen) atoms. The fraction of sp³-hybridized carbons (Fsp3) is 0.364. The van der Waals surface area contributed by atoms with E-state index in [0.29, 0.717) is 22.8 Å². The minimum Gasteiger partial charge on any atom is -0.478 e. The van der Waals surface area contributed by atoms with Gasteiger partial charge in [-0.1, -0.05) is 6.07 Å². The van der Waals surface area contributed by atoms with Crippen molar-refractivity contribution < 1.29 is 18.8 Å². The number of methoxy groups -OCH3 is 1. The Labute approximate surface area is 96.7 Å². The van der Waals surface area contributed by atoms with Crippen molar-refractivity contribution in [2.24, 2.45) is 0 Å². The highest BCUT2D eigenvalue weighted by atomic mass is 32.2. The third-order valence-electron chi connectivity index (χ3n) is 2.18. The molecular weight excluding hydrogens is 228 g/mol. The summed E-state index contributed by atoms with van der Waals surface area (Å²) in [6.07, 6.45) is 0. The fourth-order valence-electron chi connectivity index (χ4n) is 1.25. The monoisotopic (exact) mass is 242 g/mol. The van der Waals surface area contributed by atoms with Gasteiger partial charge in [-0.2, -0.15) is 0 Å².